The molecule has 0 saturated heterocycles. The molecule has 16 heavy (non-hydrogen) atoms. The average molecular weight is 228 g/mol. The van der Waals surface area contributed by atoms with E-state index in [4.69, 9.17) is 11.5 Å². The van der Waals surface area contributed by atoms with Gasteiger partial charge in [-0.25, -0.2) is 0 Å². The summed E-state index contributed by atoms with van der Waals surface area (Å²) in [5, 5.41) is 10.1. The first-order valence-corrected chi connectivity index (χ1v) is 6.28. The number of hydrogen-bond acceptors (Lipinski definition) is 3. The SMILES string of the molecule is CCC(O)(C(N)=O)C(N)CC1CCCCC1. The van der Waals surface area contributed by atoms with E-state index < -0.39 is 17.6 Å². The van der Waals surface area contributed by atoms with Gasteiger partial charge in [0.2, 0.25) is 0 Å². The molecule has 1 rings (SSSR count). The quantitative estimate of drug-likeness (QED) is 0.653. The van der Waals surface area contributed by atoms with Crippen molar-refractivity contribution in [3.8, 4) is 0 Å². The molecule has 1 aliphatic carbocycles. The molecule has 4 nitrogen and oxygen atoms in total. The van der Waals surface area contributed by atoms with Gasteiger partial charge in [0.1, 0.15) is 0 Å². The van der Waals surface area contributed by atoms with E-state index >= 15 is 0 Å². The van der Waals surface area contributed by atoms with Crippen LogP contribution in [0, 0.1) is 5.92 Å². The zero-order chi connectivity index (χ0) is 12.2. The van der Waals surface area contributed by atoms with Crippen LogP contribution >= 0.6 is 0 Å². The number of carbonyl (C=O) groups is 1. The highest BCUT2D eigenvalue weighted by atomic mass is 16.3. The van der Waals surface area contributed by atoms with E-state index in [-0.39, 0.29) is 6.42 Å². The van der Waals surface area contributed by atoms with Crippen molar-refractivity contribution >= 4 is 5.91 Å². The molecule has 4 heteroatoms. The number of aliphatic hydroxyl groups is 1. The summed E-state index contributed by atoms with van der Waals surface area (Å²) in [5.74, 6) is -0.153. The maximum absolute atomic E-state index is 11.2. The number of primary amides is 1. The number of nitrogens with two attached hydrogens (primary N) is 2. The highest BCUT2D eigenvalue weighted by Gasteiger charge is 2.39. The minimum absolute atomic E-state index is 0.288. The Labute approximate surface area is 97.4 Å². The molecule has 0 aliphatic heterocycles. The van der Waals surface area contributed by atoms with Crippen molar-refractivity contribution in [2.45, 2.75) is 63.5 Å². The van der Waals surface area contributed by atoms with Crippen LogP contribution in [0.1, 0.15) is 51.9 Å². The molecule has 0 heterocycles. The number of rotatable bonds is 5. The van der Waals surface area contributed by atoms with Crippen LogP contribution in [-0.4, -0.2) is 22.7 Å². The number of amides is 1. The average Bonchev–Trinajstić information content (AvgIpc) is 2.28. The van der Waals surface area contributed by atoms with Gasteiger partial charge in [0, 0.05) is 6.04 Å². The summed E-state index contributed by atoms with van der Waals surface area (Å²) in [6, 6.07) is -0.530. The third-order valence-corrected chi connectivity index (χ3v) is 3.89. The lowest BCUT2D eigenvalue weighted by atomic mass is 9.79. The maximum atomic E-state index is 11.2. The van der Waals surface area contributed by atoms with Gasteiger partial charge in [0.15, 0.2) is 5.60 Å². The Morgan fingerprint density at radius 1 is 1.44 bits per heavy atom. The molecule has 1 aliphatic rings. The van der Waals surface area contributed by atoms with Crippen LogP contribution in [0.2, 0.25) is 0 Å². The maximum Gasteiger partial charge on any atom is 0.251 e. The van der Waals surface area contributed by atoms with E-state index in [1.54, 1.807) is 6.92 Å². The van der Waals surface area contributed by atoms with Crippen molar-refractivity contribution in [2.75, 3.05) is 0 Å². The summed E-state index contributed by atoms with van der Waals surface area (Å²) in [6.45, 7) is 1.74. The molecular formula is C12H24N2O2. The minimum Gasteiger partial charge on any atom is -0.378 e. The Kier molecular flexibility index (Phi) is 4.74. The van der Waals surface area contributed by atoms with Crippen LogP contribution in [0.15, 0.2) is 0 Å². The first-order chi connectivity index (χ1) is 7.50. The smallest absolute Gasteiger partial charge is 0.251 e. The molecule has 0 aromatic heterocycles. The largest absolute Gasteiger partial charge is 0.378 e. The van der Waals surface area contributed by atoms with Crippen LogP contribution in [-0.2, 0) is 4.79 Å². The van der Waals surface area contributed by atoms with Gasteiger partial charge in [-0.15, -0.1) is 0 Å². The predicted octanol–water partition coefficient (Wildman–Crippen LogP) is 0.910. The minimum atomic E-state index is -1.53. The van der Waals surface area contributed by atoms with Crippen LogP contribution < -0.4 is 11.5 Å². The highest BCUT2D eigenvalue weighted by Crippen LogP contribution is 2.29. The predicted molar refractivity (Wildman–Crippen MR) is 63.6 cm³/mol. The first kappa shape index (κ1) is 13.5. The molecule has 0 aromatic rings. The van der Waals surface area contributed by atoms with Crippen LogP contribution in [0.4, 0.5) is 0 Å². The molecule has 1 fully saturated rings. The van der Waals surface area contributed by atoms with E-state index in [0.717, 1.165) is 12.8 Å². The molecule has 1 saturated carbocycles. The number of carbonyl (C=O) groups excluding carboxylic acids is 1. The second-order valence-corrected chi connectivity index (χ2v) is 4.99. The summed E-state index contributed by atoms with van der Waals surface area (Å²) < 4.78 is 0. The summed E-state index contributed by atoms with van der Waals surface area (Å²) in [5.41, 5.74) is 9.63. The van der Waals surface area contributed by atoms with Crippen molar-refractivity contribution in [3.63, 3.8) is 0 Å². The van der Waals surface area contributed by atoms with Gasteiger partial charge < -0.3 is 16.6 Å². The summed E-state index contributed by atoms with van der Waals surface area (Å²) in [6.07, 6.45) is 7.07. The van der Waals surface area contributed by atoms with Crippen molar-refractivity contribution in [1.29, 1.82) is 0 Å². The van der Waals surface area contributed by atoms with E-state index in [0.29, 0.717) is 12.3 Å². The topological polar surface area (TPSA) is 89.3 Å². The van der Waals surface area contributed by atoms with Gasteiger partial charge in [-0.2, -0.15) is 0 Å². The van der Waals surface area contributed by atoms with Gasteiger partial charge in [-0.1, -0.05) is 39.0 Å². The monoisotopic (exact) mass is 228 g/mol. The van der Waals surface area contributed by atoms with Gasteiger partial charge >= 0.3 is 0 Å². The fourth-order valence-corrected chi connectivity index (χ4v) is 2.60. The van der Waals surface area contributed by atoms with Crippen molar-refractivity contribution in [3.05, 3.63) is 0 Å². The lowest BCUT2D eigenvalue weighted by Gasteiger charge is -2.33. The molecule has 0 aromatic carbocycles. The van der Waals surface area contributed by atoms with E-state index in [2.05, 4.69) is 0 Å². The third kappa shape index (κ3) is 2.95. The molecule has 5 N–H and O–H groups in total. The summed E-state index contributed by atoms with van der Waals surface area (Å²) >= 11 is 0. The Morgan fingerprint density at radius 3 is 2.44 bits per heavy atom. The third-order valence-electron chi connectivity index (χ3n) is 3.89. The molecule has 0 radical (unpaired) electrons. The number of hydrogen-bond donors (Lipinski definition) is 3. The Morgan fingerprint density at radius 2 is 2.00 bits per heavy atom. The fourth-order valence-electron chi connectivity index (χ4n) is 2.60. The molecular weight excluding hydrogens is 204 g/mol. The fraction of sp³-hybridized carbons (Fsp3) is 0.917. The molecule has 2 unspecified atom stereocenters. The molecule has 0 bridgehead atoms. The molecule has 1 amide bonds. The standard InChI is InChI=1S/C12H24N2O2/c1-2-12(16,11(14)15)10(13)8-9-6-4-3-5-7-9/h9-10,16H,2-8,13H2,1H3,(H2,14,15). The van der Waals surface area contributed by atoms with Crippen molar-refractivity contribution < 1.29 is 9.90 Å². The van der Waals surface area contributed by atoms with E-state index in [9.17, 15) is 9.90 Å². The zero-order valence-electron chi connectivity index (χ0n) is 10.1. The van der Waals surface area contributed by atoms with Gasteiger partial charge in [0.25, 0.3) is 5.91 Å². The first-order valence-electron chi connectivity index (χ1n) is 6.28. The second kappa shape index (κ2) is 5.64. The molecule has 2 atom stereocenters. The van der Waals surface area contributed by atoms with Crippen LogP contribution in [0.5, 0.6) is 0 Å². The normalized spacial score (nSPS) is 23.7. The van der Waals surface area contributed by atoms with Gasteiger partial charge in [-0.05, 0) is 18.8 Å². The second-order valence-electron chi connectivity index (χ2n) is 4.99. The van der Waals surface area contributed by atoms with Crippen molar-refractivity contribution in [1.82, 2.24) is 0 Å². The molecule has 94 valence electrons. The highest BCUT2D eigenvalue weighted by molar-refractivity contribution is 5.84. The van der Waals surface area contributed by atoms with Crippen LogP contribution in [0.25, 0.3) is 0 Å². The Balaban J connectivity index is 2.54. The van der Waals surface area contributed by atoms with Gasteiger partial charge in [-0.3, -0.25) is 4.79 Å². The summed E-state index contributed by atoms with van der Waals surface area (Å²) in [4.78, 5) is 11.2. The van der Waals surface area contributed by atoms with Crippen LogP contribution in [0.3, 0.4) is 0 Å². The van der Waals surface area contributed by atoms with Crippen molar-refractivity contribution in [2.24, 2.45) is 17.4 Å². The molecule has 0 spiro atoms. The van der Waals surface area contributed by atoms with E-state index in [1.165, 1.54) is 19.3 Å². The Hall–Kier alpha value is -0.610. The lowest BCUT2D eigenvalue weighted by molar-refractivity contribution is -0.139. The summed E-state index contributed by atoms with van der Waals surface area (Å²) in [7, 11) is 0. The zero-order valence-corrected chi connectivity index (χ0v) is 10.1. The Bertz CT molecular complexity index is 239. The lowest BCUT2D eigenvalue weighted by Crippen LogP contribution is -2.57. The van der Waals surface area contributed by atoms with E-state index in [1.807, 2.05) is 0 Å². The van der Waals surface area contributed by atoms with Gasteiger partial charge in [0.05, 0.1) is 0 Å².